The Morgan fingerprint density at radius 2 is 1.48 bits per heavy atom. The van der Waals surface area contributed by atoms with Crippen molar-refractivity contribution in [3.8, 4) is 0 Å². The molecule has 226 valence electrons. The first-order valence-corrected chi connectivity index (χ1v) is 17.5. The molecule has 0 N–H and O–H groups in total. The maximum Gasteiger partial charge on any atom is -0.172 e. The van der Waals surface area contributed by atoms with Crippen molar-refractivity contribution >= 4 is 8.83 Å². The van der Waals surface area contributed by atoms with Crippen LogP contribution in [0, 0.1) is 33.5 Å². The molecule has 2 fully saturated rings. The molecule has 2 aromatic rings. The number of fused-ring (bicyclic) bond motifs is 6. The third-order valence-electron chi connectivity index (χ3n) is 12.6. The van der Waals surface area contributed by atoms with E-state index in [1.54, 1.807) is 28.2 Å². The van der Waals surface area contributed by atoms with Crippen molar-refractivity contribution in [2.24, 2.45) is 27.6 Å². The van der Waals surface area contributed by atoms with E-state index >= 15 is 0 Å². The first kappa shape index (κ1) is 35.5. The van der Waals surface area contributed by atoms with Crippen molar-refractivity contribution in [3.63, 3.8) is 0 Å². The standard InChI is InChI=1S/C29H37.C5H8.C5H5.2ClH.Hf/c1-18-25-22-17-19-13-9-10-14-20(19)24(22)21-15-11-12-16-23(21)29(25,8)28(6,7)27(4,5)26(18,2)3;2*1-2-4-5-3-1;;;/h9-11,13-15,23H,12,16-17H2,1-8H3;1-4H2;1-5H;2*1H;/q-1;;-1;;;+2/p-2. The molecule has 0 aliphatic heterocycles. The summed E-state index contributed by atoms with van der Waals surface area (Å²) < 4.78 is 1.84. The predicted molar refractivity (Wildman–Crippen MR) is 170 cm³/mol. The largest absolute Gasteiger partial charge is 0.214 e. The second-order valence-corrected chi connectivity index (χ2v) is 17.1. The van der Waals surface area contributed by atoms with Gasteiger partial charge in [-0.2, -0.15) is 29.3 Å². The van der Waals surface area contributed by atoms with Gasteiger partial charge in [0.1, 0.15) is 0 Å². The van der Waals surface area contributed by atoms with E-state index < -0.39 is 0 Å². The molecule has 0 bridgehead atoms. The number of hydrogen-bond acceptors (Lipinski definition) is 0. The molecule has 2 saturated carbocycles. The summed E-state index contributed by atoms with van der Waals surface area (Å²) in [6, 6.07) is 19.2. The molecule has 2 aromatic carbocycles. The summed E-state index contributed by atoms with van der Waals surface area (Å²) in [7, 11) is 0. The van der Waals surface area contributed by atoms with Gasteiger partial charge in [-0.05, 0) is 40.6 Å². The minimum absolute atomic E-state index is 0. The molecule has 0 heterocycles. The van der Waals surface area contributed by atoms with Crippen LogP contribution in [-0.4, -0.2) is 3.26 Å². The van der Waals surface area contributed by atoms with Gasteiger partial charge in [-0.3, -0.25) is 0 Å². The molecular formula is C39H50Cl2Hf-2. The van der Waals surface area contributed by atoms with E-state index in [0.717, 1.165) is 6.42 Å². The molecular weight excluding hydrogens is 718 g/mol. The molecule has 0 amide bonds. The van der Waals surface area contributed by atoms with Crippen LogP contribution >= 0.6 is 0 Å². The summed E-state index contributed by atoms with van der Waals surface area (Å²) in [5, 5.41) is 0. The normalized spacial score (nSPS) is 27.1. The zero-order valence-electron chi connectivity index (χ0n) is 27.1. The first-order valence-electron chi connectivity index (χ1n) is 15.7. The Labute approximate surface area is 284 Å². The van der Waals surface area contributed by atoms with Gasteiger partial charge in [0.05, 0.1) is 0 Å². The monoisotopic (exact) mass is 768 g/mol. The van der Waals surface area contributed by atoms with E-state index in [4.69, 9.17) is 0 Å². The van der Waals surface area contributed by atoms with Crippen molar-refractivity contribution in [1.82, 2.24) is 0 Å². The second-order valence-electron chi connectivity index (χ2n) is 14.5. The fourth-order valence-corrected chi connectivity index (χ4v) is 9.96. The van der Waals surface area contributed by atoms with E-state index in [0.29, 0.717) is 5.92 Å². The smallest absolute Gasteiger partial charge is 0.172 e. The number of rotatable bonds is 0. The maximum atomic E-state index is 2.62. The first-order chi connectivity index (χ1) is 18.9. The molecule has 2 unspecified atom stereocenters. The quantitative estimate of drug-likeness (QED) is 0.271. The summed E-state index contributed by atoms with van der Waals surface area (Å²) in [6.45, 7) is 20.3. The fourth-order valence-electron chi connectivity index (χ4n) is 8.69. The van der Waals surface area contributed by atoms with Crippen molar-refractivity contribution in [1.29, 1.82) is 0 Å². The average Bonchev–Trinajstić information content (AvgIpc) is 3.71. The van der Waals surface area contributed by atoms with Crippen molar-refractivity contribution in [2.45, 2.75) is 100 Å². The van der Waals surface area contributed by atoms with Crippen molar-refractivity contribution in [2.75, 3.05) is 0 Å². The van der Waals surface area contributed by atoms with Gasteiger partial charge in [0.25, 0.3) is 0 Å². The van der Waals surface area contributed by atoms with E-state index in [1.807, 2.05) is 33.6 Å². The molecule has 7 rings (SSSR count). The van der Waals surface area contributed by atoms with Crippen LogP contribution in [0.2, 0.25) is 0 Å². The molecule has 2 atom stereocenters. The van der Waals surface area contributed by atoms with Crippen LogP contribution in [0.25, 0.3) is 5.57 Å². The average molecular weight is 768 g/mol. The maximum absolute atomic E-state index is 2.62. The van der Waals surface area contributed by atoms with Crippen LogP contribution in [0.4, 0.5) is 0 Å². The zero-order chi connectivity index (χ0) is 28.9. The summed E-state index contributed by atoms with van der Waals surface area (Å²) in [6.07, 6.45) is 14.4. The topological polar surface area (TPSA) is 0 Å². The molecule has 3 heteroatoms. The molecule has 0 saturated heterocycles. The molecule has 5 aliphatic rings. The summed E-state index contributed by atoms with van der Waals surface area (Å²) in [5.41, 5.74) is 10.3. The molecule has 42 heavy (non-hydrogen) atoms. The third-order valence-corrected chi connectivity index (χ3v) is 14.4. The molecule has 5 aliphatic carbocycles. The molecule has 0 spiro atoms. The third kappa shape index (κ3) is 5.41. The Kier molecular flexibility index (Phi) is 11.1. The van der Waals surface area contributed by atoms with Crippen LogP contribution in [-0.2, 0) is 30.3 Å². The Morgan fingerprint density at radius 3 is 2.02 bits per heavy atom. The van der Waals surface area contributed by atoms with Gasteiger partial charge < -0.3 is 24.8 Å². The Bertz CT molecular complexity index is 1330. The van der Waals surface area contributed by atoms with Gasteiger partial charge in [-0.25, -0.2) is 18.1 Å². The van der Waals surface area contributed by atoms with Gasteiger partial charge >= 0.3 is 52.8 Å². The number of hydrogen-bond donors (Lipinski definition) is 0. The van der Waals surface area contributed by atoms with Gasteiger partial charge in [0, 0.05) is 0 Å². The fraction of sp³-hybridized carbons (Fsp3) is 0.513. The Balaban J connectivity index is 0.000000312. The predicted octanol–water partition coefficient (Wildman–Crippen LogP) is 4.66. The summed E-state index contributed by atoms with van der Waals surface area (Å²) >= 11 is 1.37. The zero-order valence-corrected chi connectivity index (χ0v) is 32.2. The Hall–Kier alpha value is -1.02. The molecule has 0 nitrogen and oxygen atoms in total. The van der Waals surface area contributed by atoms with E-state index in [9.17, 15) is 0 Å². The van der Waals surface area contributed by atoms with Gasteiger partial charge in [0.2, 0.25) is 0 Å². The summed E-state index contributed by atoms with van der Waals surface area (Å²) in [4.78, 5) is 0. The van der Waals surface area contributed by atoms with Crippen LogP contribution in [0.15, 0.2) is 83.5 Å². The van der Waals surface area contributed by atoms with Crippen molar-refractivity contribution < 1.29 is 48.7 Å². The van der Waals surface area contributed by atoms with Gasteiger partial charge in [0.15, 0.2) is 0 Å². The second kappa shape index (κ2) is 13.1. The Morgan fingerprint density at radius 1 is 0.857 bits per heavy atom. The van der Waals surface area contributed by atoms with Gasteiger partial charge in [-0.15, -0.1) is 6.92 Å². The van der Waals surface area contributed by atoms with Crippen LogP contribution in [0.3, 0.4) is 0 Å². The minimum atomic E-state index is 0. The number of halogens is 2. The van der Waals surface area contributed by atoms with Gasteiger partial charge in [-0.1, -0.05) is 113 Å². The van der Waals surface area contributed by atoms with Crippen molar-refractivity contribution in [3.05, 3.63) is 101 Å². The van der Waals surface area contributed by atoms with E-state index in [1.165, 1.54) is 73.5 Å². The number of benzene rings is 1. The van der Waals surface area contributed by atoms with E-state index in [-0.39, 0.29) is 46.5 Å². The van der Waals surface area contributed by atoms with Crippen LogP contribution in [0.1, 0.15) is 105 Å². The van der Waals surface area contributed by atoms with Crippen LogP contribution in [0.5, 0.6) is 0 Å². The minimum Gasteiger partial charge on any atom is -0.214 e. The van der Waals surface area contributed by atoms with E-state index in [2.05, 4.69) is 91.8 Å². The molecule has 0 radical (unpaired) electrons. The molecule has 0 aromatic heterocycles. The van der Waals surface area contributed by atoms with Crippen LogP contribution < -0.4 is 24.8 Å². The SMILES string of the molecule is C[C-]1C2=C3Cc4ccccc4C3=C3C=CCCC3C2(C)C(C)(C)C(C)(C)C1(C)C.[Cl-].[Cl-].[Hf+2]=[C]1CCCC1.c1cc[cH-]c1. The summed E-state index contributed by atoms with van der Waals surface area (Å²) in [5.74, 6) is 2.24. The number of allylic oxidation sites excluding steroid dienone is 6.